The van der Waals surface area contributed by atoms with Crippen LogP contribution >= 0.6 is 0 Å². The molecule has 18 heavy (non-hydrogen) atoms. The van der Waals surface area contributed by atoms with Crippen molar-refractivity contribution in [2.45, 2.75) is 33.6 Å². The molecule has 1 aromatic heterocycles. The summed E-state index contributed by atoms with van der Waals surface area (Å²) in [7, 11) is 1.78. The van der Waals surface area contributed by atoms with Crippen LogP contribution in [-0.4, -0.2) is 41.1 Å². The fourth-order valence-corrected chi connectivity index (χ4v) is 1.72. The molecule has 0 spiro atoms. The minimum absolute atomic E-state index is 0.0697. The zero-order valence-electron chi connectivity index (χ0n) is 11.9. The van der Waals surface area contributed by atoms with Crippen molar-refractivity contribution in [2.24, 2.45) is 11.1 Å². The topological polar surface area (TPSA) is 75.0 Å². The molecule has 1 amide bonds. The molecule has 0 aliphatic heterocycles. The lowest BCUT2D eigenvalue weighted by atomic mass is 9.93. The molecule has 102 valence electrons. The van der Waals surface area contributed by atoms with Crippen LogP contribution in [0.4, 0.5) is 0 Å². The SMILES string of the molecule is CC(C)c1cc(C(=O)N(C)CC(C)(C)CN)n[nH]1. The Morgan fingerprint density at radius 1 is 1.56 bits per heavy atom. The van der Waals surface area contributed by atoms with E-state index in [9.17, 15) is 4.79 Å². The van der Waals surface area contributed by atoms with Gasteiger partial charge in [-0.2, -0.15) is 5.10 Å². The van der Waals surface area contributed by atoms with Gasteiger partial charge >= 0.3 is 0 Å². The van der Waals surface area contributed by atoms with Crippen molar-refractivity contribution in [3.63, 3.8) is 0 Å². The maximum absolute atomic E-state index is 12.2. The van der Waals surface area contributed by atoms with Gasteiger partial charge in [0.05, 0.1) is 0 Å². The quantitative estimate of drug-likeness (QED) is 0.835. The number of nitrogens with one attached hydrogen (secondary N) is 1. The number of carbonyl (C=O) groups is 1. The third-order valence-electron chi connectivity index (χ3n) is 3.00. The summed E-state index contributed by atoms with van der Waals surface area (Å²) >= 11 is 0. The summed E-state index contributed by atoms with van der Waals surface area (Å²) < 4.78 is 0. The Bertz CT molecular complexity index is 409. The molecule has 0 unspecified atom stereocenters. The van der Waals surface area contributed by atoms with Crippen LogP contribution in [0.1, 0.15) is 49.8 Å². The summed E-state index contributed by atoms with van der Waals surface area (Å²) in [6.45, 7) is 9.36. The number of aromatic nitrogens is 2. The fourth-order valence-electron chi connectivity index (χ4n) is 1.72. The molecule has 5 nitrogen and oxygen atoms in total. The number of aromatic amines is 1. The first-order valence-electron chi connectivity index (χ1n) is 6.27. The Hall–Kier alpha value is -1.36. The number of H-pyrrole nitrogens is 1. The fraction of sp³-hybridized carbons (Fsp3) is 0.692. The maximum Gasteiger partial charge on any atom is 0.274 e. The molecule has 3 N–H and O–H groups in total. The number of rotatable bonds is 5. The molecule has 0 radical (unpaired) electrons. The van der Waals surface area contributed by atoms with E-state index in [1.165, 1.54) is 0 Å². The lowest BCUT2D eigenvalue weighted by molar-refractivity contribution is 0.0734. The van der Waals surface area contributed by atoms with Crippen LogP contribution in [0, 0.1) is 5.41 Å². The van der Waals surface area contributed by atoms with Crippen LogP contribution in [0.3, 0.4) is 0 Å². The monoisotopic (exact) mass is 252 g/mol. The first-order valence-corrected chi connectivity index (χ1v) is 6.27. The Balaban J connectivity index is 2.74. The predicted octanol–water partition coefficient (Wildman–Crippen LogP) is 1.59. The van der Waals surface area contributed by atoms with Crippen LogP contribution in [0.2, 0.25) is 0 Å². The highest BCUT2D eigenvalue weighted by Crippen LogP contribution is 2.17. The predicted molar refractivity (Wildman–Crippen MR) is 72.5 cm³/mol. The molecule has 0 aliphatic carbocycles. The lowest BCUT2D eigenvalue weighted by Gasteiger charge is -2.28. The highest BCUT2D eigenvalue weighted by Gasteiger charge is 2.23. The molecule has 1 aromatic rings. The number of amides is 1. The second-order valence-electron chi connectivity index (χ2n) is 5.89. The van der Waals surface area contributed by atoms with Crippen LogP contribution in [0.15, 0.2) is 6.07 Å². The van der Waals surface area contributed by atoms with E-state index in [1.54, 1.807) is 11.9 Å². The number of hydrogen-bond acceptors (Lipinski definition) is 3. The summed E-state index contributed by atoms with van der Waals surface area (Å²) in [6.07, 6.45) is 0. The Morgan fingerprint density at radius 3 is 2.61 bits per heavy atom. The van der Waals surface area contributed by atoms with Gasteiger partial charge in [0.15, 0.2) is 0 Å². The molecular weight excluding hydrogens is 228 g/mol. The van der Waals surface area contributed by atoms with E-state index in [0.29, 0.717) is 24.7 Å². The highest BCUT2D eigenvalue weighted by molar-refractivity contribution is 5.92. The lowest BCUT2D eigenvalue weighted by Crippen LogP contribution is -2.39. The van der Waals surface area contributed by atoms with E-state index in [-0.39, 0.29) is 11.3 Å². The van der Waals surface area contributed by atoms with Gasteiger partial charge in [0.2, 0.25) is 0 Å². The molecule has 0 aromatic carbocycles. The van der Waals surface area contributed by atoms with E-state index in [1.807, 2.05) is 19.9 Å². The summed E-state index contributed by atoms with van der Waals surface area (Å²) in [6, 6.07) is 1.82. The average molecular weight is 252 g/mol. The van der Waals surface area contributed by atoms with Crippen LogP contribution in [0.25, 0.3) is 0 Å². The third-order valence-corrected chi connectivity index (χ3v) is 3.00. The molecule has 0 atom stereocenters. The smallest absolute Gasteiger partial charge is 0.274 e. The Kier molecular flexibility index (Phi) is 4.51. The largest absolute Gasteiger partial charge is 0.340 e. The van der Waals surface area contributed by atoms with Crippen molar-refractivity contribution >= 4 is 5.91 Å². The summed E-state index contributed by atoms with van der Waals surface area (Å²) in [5.74, 6) is 0.268. The van der Waals surface area contributed by atoms with Gasteiger partial charge in [-0.25, -0.2) is 0 Å². The van der Waals surface area contributed by atoms with Gasteiger partial charge in [0.25, 0.3) is 5.91 Å². The van der Waals surface area contributed by atoms with Crippen molar-refractivity contribution in [3.8, 4) is 0 Å². The van der Waals surface area contributed by atoms with Crippen LogP contribution < -0.4 is 5.73 Å². The molecule has 1 heterocycles. The van der Waals surface area contributed by atoms with E-state index in [0.717, 1.165) is 5.69 Å². The first kappa shape index (κ1) is 14.7. The standard InChI is InChI=1S/C13H24N4O/c1-9(2)10-6-11(16-15-10)12(18)17(5)8-13(3,4)7-14/h6,9H,7-8,14H2,1-5H3,(H,15,16). The van der Waals surface area contributed by atoms with Crippen LogP contribution in [-0.2, 0) is 0 Å². The molecule has 5 heteroatoms. The third kappa shape index (κ3) is 3.57. The summed E-state index contributed by atoms with van der Waals surface area (Å²) in [4.78, 5) is 13.9. The van der Waals surface area contributed by atoms with Crippen molar-refractivity contribution in [1.29, 1.82) is 0 Å². The van der Waals surface area contributed by atoms with E-state index in [4.69, 9.17) is 5.73 Å². The molecule has 1 rings (SSSR count). The molecular formula is C13H24N4O. The number of carbonyl (C=O) groups excluding carboxylic acids is 1. The van der Waals surface area contributed by atoms with Gasteiger partial charge in [-0.15, -0.1) is 0 Å². The van der Waals surface area contributed by atoms with Crippen LogP contribution in [0.5, 0.6) is 0 Å². The minimum Gasteiger partial charge on any atom is -0.340 e. The van der Waals surface area contributed by atoms with Crippen molar-refractivity contribution in [1.82, 2.24) is 15.1 Å². The second-order valence-corrected chi connectivity index (χ2v) is 5.89. The Morgan fingerprint density at radius 2 is 2.17 bits per heavy atom. The Labute approximate surface area is 109 Å². The molecule has 0 bridgehead atoms. The maximum atomic E-state index is 12.2. The van der Waals surface area contributed by atoms with Gasteiger partial charge in [0.1, 0.15) is 5.69 Å². The van der Waals surface area contributed by atoms with Crippen molar-refractivity contribution < 1.29 is 4.79 Å². The molecule has 0 aliphatic rings. The van der Waals surface area contributed by atoms with Gasteiger partial charge in [-0.3, -0.25) is 9.89 Å². The van der Waals surface area contributed by atoms with Gasteiger partial charge in [0, 0.05) is 19.3 Å². The van der Waals surface area contributed by atoms with Crippen molar-refractivity contribution in [2.75, 3.05) is 20.1 Å². The van der Waals surface area contributed by atoms with Gasteiger partial charge in [-0.05, 0) is 23.9 Å². The average Bonchev–Trinajstić information content (AvgIpc) is 2.76. The number of hydrogen-bond donors (Lipinski definition) is 2. The molecule has 0 fully saturated rings. The summed E-state index contributed by atoms with van der Waals surface area (Å²) in [5, 5.41) is 6.96. The first-order chi connectivity index (χ1) is 8.26. The molecule has 0 saturated heterocycles. The highest BCUT2D eigenvalue weighted by atomic mass is 16.2. The van der Waals surface area contributed by atoms with E-state index >= 15 is 0 Å². The minimum atomic E-state index is -0.0818. The van der Waals surface area contributed by atoms with E-state index < -0.39 is 0 Å². The summed E-state index contributed by atoms with van der Waals surface area (Å²) in [5.41, 5.74) is 7.04. The van der Waals surface area contributed by atoms with Gasteiger partial charge < -0.3 is 10.6 Å². The number of nitrogens with zero attached hydrogens (tertiary/aromatic N) is 2. The zero-order valence-corrected chi connectivity index (χ0v) is 11.9. The van der Waals surface area contributed by atoms with Gasteiger partial charge in [-0.1, -0.05) is 27.7 Å². The zero-order chi connectivity index (χ0) is 13.9. The van der Waals surface area contributed by atoms with Crippen molar-refractivity contribution in [3.05, 3.63) is 17.5 Å². The number of nitrogens with two attached hydrogens (primary N) is 1. The second kappa shape index (κ2) is 5.52. The molecule has 0 saturated carbocycles. The normalized spacial score (nSPS) is 11.9. The van der Waals surface area contributed by atoms with E-state index in [2.05, 4.69) is 24.0 Å².